The van der Waals surface area contributed by atoms with E-state index in [1.165, 1.54) is 0 Å². The van der Waals surface area contributed by atoms with E-state index in [9.17, 15) is 4.79 Å². The summed E-state index contributed by atoms with van der Waals surface area (Å²) in [6, 6.07) is 0.447. The molecule has 1 N–H and O–H groups in total. The largest absolute Gasteiger partial charge is 0.465 e. The zero-order valence-electron chi connectivity index (χ0n) is 13.6. The van der Waals surface area contributed by atoms with Crippen LogP contribution in [0.15, 0.2) is 0 Å². The smallest absolute Gasteiger partial charge is 0.326 e. The summed E-state index contributed by atoms with van der Waals surface area (Å²) in [5.41, 5.74) is -0.609. The molecule has 1 aliphatic rings. The maximum atomic E-state index is 12.1. The Hall–Kier alpha value is -0.650. The van der Waals surface area contributed by atoms with Crippen molar-refractivity contribution in [2.24, 2.45) is 0 Å². The van der Waals surface area contributed by atoms with Crippen molar-refractivity contribution in [3.63, 3.8) is 0 Å². The number of nitrogens with one attached hydrogen (secondary N) is 1. The summed E-state index contributed by atoms with van der Waals surface area (Å²) in [7, 11) is 2.10. The predicted octanol–water partition coefficient (Wildman–Crippen LogP) is 1.42. The fourth-order valence-electron chi connectivity index (χ4n) is 2.81. The van der Waals surface area contributed by atoms with E-state index in [0.717, 1.165) is 32.5 Å². The molecule has 1 fully saturated rings. The van der Waals surface area contributed by atoms with Crippen molar-refractivity contribution in [3.05, 3.63) is 0 Å². The highest BCUT2D eigenvalue weighted by Gasteiger charge is 2.35. The fraction of sp³-hybridized carbons (Fsp3) is 0.933. The van der Waals surface area contributed by atoms with Crippen molar-refractivity contribution in [1.29, 1.82) is 0 Å². The van der Waals surface area contributed by atoms with Gasteiger partial charge in [0.15, 0.2) is 0 Å². The van der Waals surface area contributed by atoms with Gasteiger partial charge in [0.2, 0.25) is 0 Å². The van der Waals surface area contributed by atoms with Crippen LogP contribution in [0.4, 0.5) is 0 Å². The first-order chi connectivity index (χ1) is 9.44. The maximum absolute atomic E-state index is 12.1. The Morgan fingerprint density at radius 3 is 2.70 bits per heavy atom. The molecule has 1 heterocycles. The van der Waals surface area contributed by atoms with Crippen molar-refractivity contribution in [2.45, 2.75) is 58.2 Å². The molecule has 0 saturated carbocycles. The zero-order chi connectivity index (χ0) is 15.2. The fourth-order valence-corrected chi connectivity index (χ4v) is 2.81. The van der Waals surface area contributed by atoms with Gasteiger partial charge in [0, 0.05) is 19.2 Å². The van der Waals surface area contributed by atoms with E-state index in [1.54, 1.807) is 0 Å². The molecule has 20 heavy (non-hydrogen) atoms. The van der Waals surface area contributed by atoms with Crippen LogP contribution in [0.5, 0.6) is 0 Å². The molecule has 0 bridgehead atoms. The third-order valence-electron chi connectivity index (χ3n) is 4.16. The number of carbonyl (C=O) groups excluding carboxylic acids is 1. The molecular formula is C15H30N2O3. The lowest BCUT2D eigenvalue weighted by Gasteiger charge is -2.32. The normalized spacial score (nSPS) is 25.7. The third kappa shape index (κ3) is 4.43. The summed E-state index contributed by atoms with van der Waals surface area (Å²) in [6.45, 7) is 10.7. The van der Waals surface area contributed by atoms with Gasteiger partial charge in [-0.05, 0) is 47.2 Å². The van der Waals surface area contributed by atoms with Crippen LogP contribution in [0.3, 0.4) is 0 Å². The Balaban J connectivity index is 2.55. The van der Waals surface area contributed by atoms with Gasteiger partial charge in [-0.2, -0.15) is 0 Å². The van der Waals surface area contributed by atoms with Gasteiger partial charge in [0.25, 0.3) is 0 Å². The van der Waals surface area contributed by atoms with E-state index in [4.69, 9.17) is 9.47 Å². The molecule has 1 rings (SSSR count). The number of esters is 1. The zero-order valence-corrected chi connectivity index (χ0v) is 13.6. The Labute approximate surface area is 123 Å². The molecule has 3 atom stereocenters. The average Bonchev–Trinajstić information content (AvgIpc) is 2.83. The van der Waals surface area contributed by atoms with Crippen LogP contribution in [0.1, 0.15) is 40.5 Å². The lowest BCUT2D eigenvalue weighted by Crippen LogP contribution is -2.52. The Morgan fingerprint density at radius 1 is 1.50 bits per heavy atom. The molecule has 0 spiro atoms. The van der Waals surface area contributed by atoms with Gasteiger partial charge in [-0.1, -0.05) is 6.92 Å². The van der Waals surface area contributed by atoms with Gasteiger partial charge in [0.1, 0.15) is 5.54 Å². The minimum atomic E-state index is -0.609. The van der Waals surface area contributed by atoms with E-state index in [2.05, 4.69) is 24.2 Å². The topological polar surface area (TPSA) is 50.8 Å². The van der Waals surface area contributed by atoms with Crippen molar-refractivity contribution >= 4 is 5.97 Å². The number of nitrogens with zero attached hydrogens (tertiary/aromatic N) is 1. The molecule has 118 valence electrons. The number of hydrogen-bond acceptors (Lipinski definition) is 5. The summed E-state index contributed by atoms with van der Waals surface area (Å²) in [6.07, 6.45) is 2.07. The van der Waals surface area contributed by atoms with E-state index in [1.807, 2.05) is 20.8 Å². The van der Waals surface area contributed by atoms with Crippen molar-refractivity contribution in [1.82, 2.24) is 10.2 Å². The summed E-state index contributed by atoms with van der Waals surface area (Å²) < 4.78 is 10.8. The standard InChI is InChI=1S/C15H30N2O3/c1-6-16-15(4,14(18)19-7-2)9-10-17(5)13-8-11-20-12(13)3/h12-13,16H,6-11H2,1-5H3. The molecule has 0 amide bonds. The number of rotatable bonds is 8. The third-order valence-corrected chi connectivity index (χ3v) is 4.16. The molecular weight excluding hydrogens is 256 g/mol. The number of hydrogen-bond donors (Lipinski definition) is 1. The second-order valence-electron chi connectivity index (χ2n) is 5.75. The van der Waals surface area contributed by atoms with E-state index < -0.39 is 5.54 Å². The SMILES string of the molecule is CCNC(C)(CCN(C)C1CCOC1C)C(=O)OCC. The van der Waals surface area contributed by atoms with Crippen molar-refractivity contribution < 1.29 is 14.3 Å². The minimum absolute atomic E-state index is 0.161. The van der Waals surface area contributed by atoms with Crippen molar-refractivity contribution in [2.75, 3.05) is 33.4 Å². The average molecular weight is 286 g/mol. The molecule has 5 nitrogen and oxygen atoms in total. The van der Waals surface area contributed by atoms with Crippen LogP contribution in [0.25, 0.3) is 0 Å². The maximum Gasteiger partial charge on any atom is 0.326 e. The molecule has 0 aromatic heterocycles. The summed E-state index contributed by atoms with van der Waals surface area (Å²) >= 11 is 0. The number of carbonyl (C=O) groups is 1. The lowest BCUT2D eigenvalue weighted by molar-refractivity contribution is -0.151. The van der Waals surface area contributed by atoms with E-state index in [-0.39, 0.29) is 12.1 Å². The highest BCUT2D eigenvalue weighted by molar-refractivity contribution is 5.80. The van der Waals surface area contributed by atoms with E-state index >= 15 is 0 Å². The van der Waals surface area contributed by atoms with Crippen LogP contribution in [0.2, 0.25) is 0 Å². The minimum Gasteiger partial charge on any atom is -0.465 e. The van der Waals surface area contributed by atoms with E-state index in [0.29, 0.717) is 12.6 Å². The Bertz CT molecular complexity index is 311. The first kappa shape index (κ1) is 17.4. The molecule has 5 heteroatoms. The van der Waals surface area contributed by atoms with Gasteiger partial charge in [-0.15, -0.1) is 0 Å². The van der Waals surface area contributed by atoms with Crippen LogP contribution < -0.4 is 5.32 Å². The summed E-state index contributed by atoms with van der Waals surface area (Å²) in [4.78, 5) is 14.4. The molecule has 1 aliphatic heterocycles. The monoisotopic (exact) mass is 286 g/mol. The van der Waals surface area contributed by atoms with Gasteiger partial charge in [-0.25, -0.2) is 0 Å². The molecule has 0 aromatic carbocycles. The molecule has 0 aliphatic carbocycles. The molecule has 1 saturated heterocycles. The second kappa shape index (κ2) is 7.96. The Morgan fingerprint density at radius 2 is 2.20 bits per heavy atom. The van der Waals surface area contributed by atoms with Crippen LogP contribution in [-0.4, -0.2) is 61.9 Å². The molecule has 0 aromatic rings. The van der Waals surface area contributed by atoms with Crippen LogP contribution in [-0.2, 0) is 14.3 Å². The van der Waals surface area contributed by atoms with Crippen molar-refractivity contribution in [3.8, 4) is 0 Å². The molecule has 3 unspecified atom stereocenters. The number of ether oxygens (including phenoxy) is 2. The number of likely N-dealkylation sites (N-methyl/N-ethyl adjacent to an activating group) is 2. The van der Waals surface area contributed by atoms with Crippen LogP contribution in [0, 0.1) is 0 Å². The van der Waals surface area contributed by atoms with Gasteiger partial charge >= 0.3 is 5.97 Å². The first-order valence-corrected chi connectivity index (χ1v) is 7.68. The predicted molar refractivity (Wildman–Crippen MR) is 79.8 cm³/mol. The highest BCUT2D eigenvalue weighted by atomic mass is 16.5. The molecule has 0 radical (unpaired) electrons. The van der Waals surface area contributed by atoms with Crippen LogP contribution >= 0.6 is 0 Å². The second-order valence-corrected chi connectivity index (χ2v) is 5.75. The first-order valence-electron chi connectivity index (χ1n) is 7.68. The van der Waals surface area contributed by atoms with Gasteiger partial charge in [-0.3, -0.25) is 4.79 Å². The van der Waals surface area contributed by atoms with Gasteiger partial charge < -0.3 is 19.7 Å². The Kier molecular flexibility index (Phi) is 6.92. The summed E-state index contributed by atoms with van der Waals surface area (Å²) in [5, 5.41) is 3.27. The van der Waals surface area contributed by atoms with Gasteiger partial charge in [0.05, 0.1) is 12.7 Å². The summed E-state index contributed by atoms with van der Waals surface area (Å²) in [5.74, 6) is -0.161. The highest BCUT2D eigenvalue weighted by Crippen LogP contribution is 2.20. The quantitative estimate of drug-likeness (QED) is 0.684. The lowest BCUT2D eigenvalue weighted by atomic mass is 9.96.